The van der Waals surface area contributed by atoms with Crippen molar-refractivity contribution in [3.8, 4) is 11.3 Å². The van der Waals surface area contributed by atoms with Crippen LogP contribution in [0.5, 0.6) is 0 Å². The van der Waals surface area contributed by atoms with Gasteiger partial charge in [0.15, 0.2) is 4.77 Å². The van der Waals surface area contributed by atoms with E-state index in [9.17, 15) is 8.78 Å². The number of nitrogens with zero attached hydrogens (tertiary/aromatic N) is 1. The van der Waals surface area contributed by atoms with Gasteiger partial charge >= 0.3 is 0 Å². The Labute approximate surface area is 96.0 Å². The standard InChI is InChI=1S/C11H8F2N2S/c1-6-5-14-11(16)15-10(6)8-4-7(12)2-3-9(8)13/h2-5H,1H3,(H,14,15,16). The Morgan fingerprint density at radius 2 is 2.06 bits per heavy atom. The molecule has 5 heteroatoms. The van der Waals surface area contributed by atoms with Crippen LogP contribution in [0, 0.1) is 23.3 Å². The second-order valence-corrected chi connectivity index (χ2v) is 3.76. The zero-order valence-corrected chi connectivity index (χ0v) is 9.24. The van der Waals surface area contributed by atoms with Crippen LogP contribution in [0.1, 0.15) is 5.56 Å². The highest BCUT2D eigenvalue weighted by Crippen LogP contribution is 2.24. The molecule has 0 aliphatic rings. The predicted molar refractivity (Wildman–Crippen MR) is 59.5 cm³/mol. The zero-order chi connectivity index (χ0) is 11.7. The molecular weight excluding hydrogens is 230 g/mol. The molecule has 0 amide bonds. The number of benzene rings is 1. The lowest BCUT2D eigenvalue weighted by Crippen LogP contribution is -1.94. The van der Waals surface area contributed by atoms with Gasteiger partial charge in [0.05, 0.1) is 5.69 Å². The van der Waals surface area contributed by atoms with Crippen molar-refractivity contribution < 1.29 is 8.78 Å². The van der Waals surface area contributed by atoms with Crippen molar-refractivity contribution in [2.75, 3.05) is 0 Å². The first-order valence-corrected chi connectivity index (χ1v) is 5.00. The van der Waals surface area contributed by atoms with Crippen molar-refractivity contribution in [1.82, 2.24) is 9.97 Å². The van der Waals surface area contributed by atoms with E-state index in [2.05, 4.69) is 9.97 Å². The van der Waals surface area contributed by atoms with E-state index in [1.54, 1.807) is 6.92 Å². The number of aromatic amines is 1. The lowest BCUT2D eigenvalue weighted by atomic mass is 10.1. The van der Waals surface area contributed by atoms with Crippen LogP contribution < -0.4 is 0 Å². The van der Waals surface area contributed by atoms with Gasteiger partial charge in [-0.3, -0.25) is 0 Å². The summed E-state index contributed by atoms with van der Waals surface area (Å²) in [5, 5.41) is 0. The van der Waals surface area contributed by atoms with E-state index in [-0.39, 0.29) is 10.3 Å². The minimum Gasteiger partial charge on any atom is -0.330 e. The molecule has 0 unspecified atom stereocenters. The maximum Gasteiger partial charge on any atom is 0.197 e. The SMILES string of the molecule is Cc1cnc(=S)[nH]c1-c1cc(F)ccc1F. The number of aryl methyl sites for hydroxylation is 1. The fourth-order valence-corrected chi connectivity index (χ4v) is 1.58. The average Bonchev–Trinajstić information content (AvgIpc) is 2.25. The molecule has 0 fully saturated rings. The van der Waals surface area contributed by atoms with Crippen molar-refractivity contribution in [3.63, 3.8) is 0 Å². The van der Waals surface area contributed by atoms with E-state index in [1.165, 1.54) is 6.20 Å². The molecular formula is C11H8F2N2S. The predicted octanol–water partition coefficient (Wildman–Crippen LogP) is 3.39. The summed E-state index contributed by atoms with van der Waals surface area (Å²) < 4.78 is 26.8. The Morgan fingerprint density at radius 3 is 2.81 bits per heavy atom. The minimum atomic E-state index is -0.499. The summed E-state index contributed by atoms with van der Waals surface area (Å²) in [5.74, 6) is -0.992. The lowest BCUT2D eigenvalue weighted by Gasteiger charge is -2.06. The topological polar surface area (TPSA) is 28.7 Å². The summed E-state index contributed by atoms with van der Waals surface area (Å²) in [4.78, 5) is 6.62. The van der Waals surface area contributed by atoms with Crippen LogP contribution >= 0.6 is 12.2 Å². The van der Waals surface area contributed by atoms with Gasteiger partial charge in [0.1, 0.15) is 11.6 Å². The Kier molecular flexibility index (Phi) is 2.78. The van der Waals surface area contributed by atoms with Gasteiger partial charge in [-0.2, -0.15) is 0 Å². The fourth-order valence-electron chi connectivity index (χ4n) is 1.43. The smallest absolute Gasteiger partial charge is 0.197 e. The van der Waals surface area contributed by atoms with Gasteiger partial charge in [-0.05, 0) is 42.9 Å². The maximum atomic E-state index is 13.5. The average molecular weight is 238 g/mol. The molecule has 0 saturated carbocycles. The van der Waals surface area contributed by atoms with Gasteiger partial charge < -0.3 is 4.98 Å². The molecule has 0 radical (unpaired) electrons. The molecule has 82 valence electrons. The first-order valence-electron chi connectivity index (χ1n) is 4.59. The van der Waals surface area contributed by atoms with E-state index in [0.29, 0.717) is 11.3 Å². The quantitative estimate of drug-likeness (QED) is 0.771. The molecule has 0 aliphatic heterocycles. The van der Waals surface area contributed by atoms with Crippen LogP contribution in [-0.2, 0) is 0 Å². The molecule has 1 heterocycles. The minimum absolute atomic E-state index is 0.158. The highest BCUT2D eigenvalue weighted by atomic mass is 32.1. The molecule has 0 atom stereocenters. The highest BCUT2D eigenvalue weighted by Gasteiger charge is 2.09. The van der Waals surface area contributed by atoms with Gasteiger partial charge in [0.2, 0.25) is 0 Å². The Hall–Kier alpha value is -1.62. The zero-order valence-electron chi connectivity index (χ0n) is 8.42. The molecule has 16 heavy (non-hydrogen) atoms. The third kappa shape index (κ3) is 1.99. The van der Waals surface area contributed by atoms with Crippen LogP contribution in [-0.4, -0.2) is 9.97 Å². The van der Waals surface area contributed by atoms with Gasteiger partial charge in [0.25, 0.3) is 0 Å². The number of nitrogens with one attached hydrogen (secondary N) is 1. The van der Waals surface area contributed by atoms with Crippen LogP contribution in [0.4, 0.5) is 8.78 Å². The molecule has 2 rings (SSSR count). The van der Waals surface area contributed by atoms with E-state index in [1.807, 2.05) is 0 Å². The molecule has 1 aromatic heterocycles. The maximum absolute atomic E-state index is 13.5. The first-order chi connectivity index (χ1) is 7.58. The number of rotatable bonds is 1. The number of halogens is 2. The number of aromatic nitrogens is 2. The lowest BCUT2D eigenvalue weighted by molar-refractivity contribution is 0.602. The molecule has 1 aromatic carbocycles. The molecule has 2 nitrogen and oxygen atoms in total. The van der Waals surface area contributed by atoms with Crippen molar-refractivity contribution in [2.45, 2.75) is 6.92 Å². The van der Waals surface area contributed by atoms with Crippen molar-refractivity contribution in [2.24, 2.45) is 0 Å². The first kappa shape index (κ1) is 10.9. The summed E-state index contributed by atoms with van der Waals surface area (Å²) >= 11 is 4.85. The Balaban J connectivity index is 2.71. The molecule has 1 N–H and O–H groups in total. The molecule has 0 aliphatic carbocycles. The van der Waals surface area contributed by atoms with E-state index < -0.39 is 11.6 Å². The van der Waals surface area contributed by atoms with Crippen molar-refractivity contribution >= 4 is 12.2 Å². The summed E-state index contributed by atoms with van der Waals surface area (Å²) in [7, 11) is 0. The summed E-state index contributed by atoms with van der Waals surface area (Å²) in [6, 6.07) is 3.29. The fraction of sp³-hybridized carbons (Fsp3) is 0.0909. The third-order valence-corrected chi connectivity index (χ3v) is 2.41. The van der Waals surface area contributed by atoms with Crippen molar-refractivity contribution in [1.29, 1.82) is 0 Å². The Bertz CT molecular complexity index is 593. The largest absolute Gasteiger partial charge is 0.330 e. The van der Waals surface area contributed by atoms with E-state index >= 15 is 0 Å². The van der Waals surface area contributed by atoms with Crippen LogP contribution in [0.2, 0.25) is 0 Å². The van der Waals surface area contributed by atoms with Gasteiger partial charge in [-0.25, -0.2) is 13.8 Å². The normalized spacial score (nSPS) is 10.4. The summed E-state index contributed by atoms with van der Waals surface area (Å²) in [6.07, 6.45) is 1.53. The van der Waals surface area contributed by atoms with E-state index in [0.717, 1.165) is 18.2 Å². The number of hydrogen-bond donors (Lipinski definition) is 1. The Morgan fingerprint density at radius 1 is 1.31 bits per heavy atom. The summed E-state index contributed by atoms with van der Waals surface area (Å²) in [5.41, 5.74) is 1.32. The van der Waals surface area contributed by atoms with Gasteiger partial charge in [-0.15, -0.1) is 0 Å². The second kappa shape index (κ2) is 4.09. The third-order valence-electron chi connectivity index (χ3n) is 2.20. The van der Waals surface area contributed by atoms with Gasteiger partial charge in [0, 0.05) is 11.8 Å². The highest BCUT2D eigenvalue weighted by molar-refractivity contribution is 7.71. The van der Waals surface area contributed by atoms with E-state index in [4.69, 9.17) is 12.2 Å². The van der Waals surface area contributed by atoms with Crippen LogP contribution in [0.25, 0.3) is 11.3 Å². The van der Waals surface area contributed by atoms with Crippen LogP contribution in [0.15, 0.2) is 24.4 Å². The van der Waals surface area contributed by atoms with Gasteiger partial charge in [-0.1, -0.05) is 0 Å². The van der Waals surface area contributed by atoms with Crippen LogP contribution in [0.3, 0.4) is 0 Å². The molecule has 0 saturated heterocycles. The van der Waals surface area contributed by atoms with Crippen molar-refractivity contribution in [3.05, 3.63) is 46.4 Å². The number of hydrogen-bond acceptors (Lipinski definition) is 2. The molecule has 0 bridgehead atoms. The monoisotopic (exact) mass is 238 g/mol. The second-order valence-electron chi connectivity index (χ2n) is 3.37. The summed E-state index contributed by atoms with van der Waals surface area (Å²) in [6.45, 7) is 1.75. The molecule has 2 aromatic rings. The number of H-pyrrole nitrogens is 1. The molecule has 0 spiro atoms.